The Kier molecular flexibility index (Phi) is 2.85. The van der Waals surface area contributed by atoms with Crippen molar-refractivity contribution < 1.29 is 23.4 Å². The number of hydrogen-bond acceptors (Lipinski definition) is 2. The van der Waals surface area contributed by atoms with Crippen molar-refractivity contribution in [2.24, 2.45) is 0 Å². The van der Waals surface area contributed by atoms with Crippen LogP contribution in [0.4, 0.5) is 8.78 Å². The molecule has 1 saturated carbocycles. The molecule has 6 heteroatoms. The Morgan fingerprint density at radius 1 is 1.53 bits per heavy atom. The normalized spacial score (nSPS) is 16.7. The second-order valence-corrected chi connectivity index (χ2v) is 4.80. The molecule has 0 unspecified atom stereocenters. The van der Waals surface area contributed by atoms with E-state index in [1.807, 2.05) is 0 Å². The Morgan fingerprint density at radius 2 is 2.12 bits per heavy atom. The van der Waals surface area contributed by atoms with Gasteiger partial charge in [-0.1, -0.05) is 0 Å². The van der Waals surface area contributed by atoms with Gasteiger partial charge >= 0.3 is 5.97 Å². The van der Waals surface area contributed by atoms with E-state index in [9.17, 15) is 13.6 Å². The van der Waals surface area contributed by atoms with Gasteiger partial charge in [-0.15, -0.1) is 0 Å². The van der Waals surface area contributed by atoms with Gasteiger partial charge in [0.1, 0.15) is 5.75 Å². The van der Waals surface area contributed by atoms with Gasteiger partial charge in [-0.3, -0.25) is 4.79 Å². The number of benzene rings is 1. The van der Waals surface area contributed by atoms with Crippen LogP contribution in [0.15, 0.2) is 10.5 Å². The first-order valence-electron chi connectivity index (χ1n) is 4.89. The summed E-state index contributed by atoms with van der Waals surface area (Å²) in [4.78, 5) is 11.2. The molecular weight excluding hydrogens is 298 g/mol. The van der Waals surface area contributed by atoms with Crippen LogP contribution in [0.1, 0.15) is 18.4 Å². The van der Waals surface area contributed by atoms with Gasteiger partial charge in [0.05, 0.1) is 22.6 Å². The predicted molar refractivity (Wildman–Crippen MR) is 59.2 cm³/mol. The summed E-state index contributed by atoms with van der Waals surface area (Å²) < 4.78 is 32.3. The van der Waals surface area contributed by atoms with Crippen LogP contribution in [0.2, 0.25) is 0 Å². The van der Waals surface area contributed by atoms with Crippen LogP contribution in [0.25, 0.3) is 0 Å². The number of carbonyl (C=O) groups is 1. The Balaban J connectivity index is 2.71. The molecular formula is C11H9BrF2O3. The molecule has 1 aromatic carbocycles. The third kappa shape index (κ3) is 1.71. The SMILES string of the molecule is COc1c(Br)cc(F)c(F)c1C1(C(=O)O)CC1. The number of carboxylic acids is 1. The fourth-order valence-electron chi connectivity index (χ4n) is 1.90. The smallest absolute Gasteiger partial charge is 0.314 e. The Morgan fingerprint density at radius 3 is 2.53 bits per heavy atom. The van der Waals surface area contributed by atoms with E-state index < -0.39 is 23.0 Å². The number of methoxy groups -OCH3 is 1. The number of hydrogen-bond donors (Lipinski definition) is 1. The van der Waals surface area contributed by atoms with Crippen molar-refractivity contribution in [1.29, 1.82) is 0 Å². The van der Waals surface area contributed by atoms with Gasteiger partial charge < -0.3 is 9.84 Å². The van der Waals surface area contributed by atoms with E-state index in [1.165, 1.54) is 7.11 Å². The van der Waals surface area contributed by atoms with Gasteiger partial charge in [-0.05, 0) is 34.8 Å². The van der Waals surface area contributed by atoms with E-state index in [0.717, 1.165) is 6.07 Å². The van der Waals surface area contributed by atoms with Gasteiger partial charge in [0.25, 0.3) is 0 Å². The van der Waals surface area contributed by atoms with Gasteiger partial charge in [0, 0.05) is 0 Å². The molecule has 17 heavy (non-hydrogen) atoms. The first-order valence-corrected chi connectivity index (χ1v) is 5.68. The van der Waals surface area contributed by atoms with Crippen LogP contribution in [-0.2, 0) is 10.2 Å². The van der Waals surface area contributed by atoms with Gasteiger partial charge in [0.15, 0.2) is 11.6 Å². The van der Waals surface area contributed by atoms with E-state index in [0.29, 0.717) is 0 Å². The Hall–Kier alpha value is -1.17. The van der Waals surface area contributed by atoms with Crippen LogP contribution in [-0.4, -0.2) is 18.2 Å². The molecule has 2 rings (SSSR count). The molecule has 0 amide bonds. The topological polar surface area (TPSA) is 46.5 Å². The van der Waals surface area contributed by atoms with Crippen LogP contribution in [0.3, 0.4) is 0 Å². The summed E-state index contributed by atoms with van der Waals surface area (Å²) in [6, 6.07) is 0.926. The molecule has 0 heterocycles. The van der Waals surface area contributed by atoms with Crippen molar-refractivity contribution >= 4 is 21.9 Å². The second kappa shape index (κ2) is 3.94. The van der Waals surface area contributed by atoms with Crippen LogP contribution in [0, 0.1) is 11.6 Å². The average molecular weight is 307 g/mol. The van der Waals surface area contributed by atoms with Gasteiger partial charge in [-0.25, -0.2) is 8.78 Å². The molecule has 1 aliphatic carbocycles. The fourth-order valence-corrected chi connectivity index (χ4v) is 2.46. The van der Waals surface area contributed by atoms with E-state index >= 15 is 0 Å². The Bertz CT molecular complexity index is 498. The van der Waals surface area contributed by atoms with Crippen LogP contribution >= 0.6 is 15.9 Å². The van der Waals surface area contributed by atoms with E-state index in [4.69, 9.17) is 9.84 Å². The minimum atomic E-state index is -1.35. The third-order valence-corrected chi connectivity index (χ3v) is 3.56. The Labute approximate surface area is 105 Å². The fraction of sp³-hybridized carbons (Fsp3) is 0.364. The molecule has 1 aromatic rings. The predicted octanol–water partition coefficient (Wildman–Crippen LogP) is 2.85. The lowest BCUT2D eigenvalue weighted by Gasteiger charge is -2.17. The molecule has 0 spiro atoms. The molecule has 1 aliphatic rings. The largest absolute Gasteiger partial charge is 0.495 e. The van der Waals surface area contributed by atoms with Crippen LogP contribution in [0.5, 0.6) is 5.75 Å². The molecule has 3 nitrogen and oxygen atoms in total. The zero-order chi connectivity index (χ0) is 12.8. The third-order valence-electron chi connectivity index (χ3n) is 2.97. The van der Waals surface area contributed by atoms with Crippen molar-refractivity contribution in [3.05, 3.63) is 27.7 Å². The summed E-state index contributed by atoms with van der Waals surface area (Å²) in [5.74, 6) is -3.35. The van der Waals surface area contributed by atoms with Crippen molar-refractivity contribution in [2.45, 2.75) is 18.3 Å². The molecule has 0 bridgehead atoms. The van der Waals surface area contributed by atoms with Gasteiger partial charge in [-0.2, -0.15) is 0 Å². The number of halogens is 3. The van der Waals surface area contributed by atoms with Crippen molar-refractivity contribution in [3.8, 4) is 5.75 Å². The monoisotopic (exact) mass is 306 g/mol. The lowest BCUT2D eigenvalue weighted by molar-refractivity contribution is -0.140. The summed E-state index contributed by atoms with van der Waals surface area (Å²) in [5, 5.41) is 9.12. The van der Waals surface area contributed by atoms with Crippen molar-refractivity contribution in [1.82, 2.24) is 0 Å². The zero-order valence-corrected chi connectivity index (χ0v) is 10.5. The average Bonchev–Trinajstić information content (AvgIpc) is 3.04. The summed E-state index contributed by atoms with van der Waals surface area (Å²) in [6.07, 6.45) is 0.566. The first kappa shape index (κ1) is 12.3. The maximum absolute atomic E-state index is 13.8. The highest BCUT2D eigenvalue weighted by atomic mass is 79.9. The molecule has 1 fully saturated rings. The molecule has 0 atom stereocenters. The standard InChI is InChI=1S/C11H9BrF2O3/c1-17-9-5(12)4-6(13)8(14)7(9)11(2-3-11)10(15)16/h4H,2-3H2,1H3,(H,15,16). The van der Waals surface area contributed by atoms with Gasteiger partial charge in [0.2, 0.25) is 0 Å². The first-order chi connectivity index (χ1) is 7.94. The lowest BCUT2D eigenvalue weighted by atomic mass is 9.94. The molecule has 0 saturated heterocycles. The molecule has 1 N–H and O–H groups in total. The summed E-state index contributed by atoms with van der Waals surface area (Å²) in [5.41, 5.74) is -1.56. The summed E-state index contributed by atoms with van der Waals surface area (Å²) in [7, 11) is 1.29. The maximum atomic E-state index is 13.8. The van der Waals surface area contributed by atoms with Crippen molar-refractivity contribution in [3.63, 3.8) is 0 Å². The molecule has 0 radical (unpaired) electrons. The highest BCUT2D eigenvalue weighted by Gasteiger charge is 2.55. The second-order valence-electron chi connectivity index (χ2n) is 3.95. The maximum Gasteiger partial charge on any atom is 0.314 e. The number of ether oxygens (including phenoxy) is 1. The number of rotatable bonds is 3. The van der Waals surface area contributed by atoms with E-state index in [-0.39, 0.29) is 28.6 Å². The summed E-state index contributed by atoms with van der Waals surface area (Å²) in [6.45, 7) is 0. The molecule has 0 aromatic heterocycles. The van der Waals surface area contributed by atoms with Crippen molar-refractivity contribution in [2.75, 3.05) is 7.11 Å². The lowest BCUT2D eigenvalue weighted by Crippen LogP contribution is -2.22. The quantitative estimate of drug-likeness (QED) is 0.874. The zero-order valence-electron chi connectivity index (χ0n) is 8.89. The molecule has 92 valence electrons. The molecule has 0 aliphatic heterocycles. The highest BCUT2D eigenvalue weighted by Crippen LogP contribution is 2.54. The van der Waals surface area contributed by atoms with E-state index in [2.05, 4.69) is 15.9 Å². The number of aliphatic carboxylic acids is 1. The highest BCUT2D eigenvalue weighted by molar-refractivity contribution is 9.10. The minimum absolute atomic E-state index is 0.0452. The summed E-state index contributed by atoms with van der Waals surface area (Å²) >= 11 is 3.04. The number of carboxylic acid groups (broad SMARTS) is 1. The van der Waals surface area contributed by atoms with Crippen LogP contribution < -0.4 is 4.74 Å². The van der Waals surface area contributed by atoms with E-state index in [1.54, 1.807) is 0 Å². The minimum Gasteiger partial charge on any atom is -0.495 e.